The summed E-state index contributed by atoms with van der Waals surface area (Å²) in [5.41, 5.74) is 0. The molecule has 8 nitrogen and oxygen atoms in total. The highest BCUT2D eigenvalue weighted by Gasteiger charge is 2.22. The summed E-state index contributed by atoms with van der Waals surface area (Å²) < 4.78 is 26.4. The van der Waals surface area contributed by atoms with Crippen molar-refractivity contribution in [1.29, 1.82) is 0 Å². The quantitative estimate of drug-likeness (QED) is 0.0274. The van der Waals surface area contributed by atoms with Crippen LogP contribution in [0.1, 0.15) is 232 Å². The van der Waals surface area contributed by atoms with E-state index in [1.807, 2.05) is 0 Å². The molecule has 0 radical (unpaired) electrons. The number of phosphoric acid groups is 1. The highest BCUT2D eigenvalue weighted by Crippen LogP contribution is 2.36. The lowest BCUT2D eigenvalue weighted by Gasteiger charge is -2.18. The SMILES string of the molecule is CCCCCC/C=C/CCCCCCCC(=O)O[C@H](COC(=O)CCCCCCCCCCCCCCCCCCCCCCC)COP(=O)(O)O. The highest BCUT2D eigenvalue weighted by atomic mass is 31.2. The van der Waals surface area contributed by atoms with Crippen LogP contribution in [0, 0.1) is 0 Å². The Labute approximate surface area is 320 Å². The molecule has 0 amide bonds. The molecule has 308 valence electrons. The fourth-order valence-electron chi connectivity index (χ4n) is 6.49. The zero-order valence-electron chi connectivity index (χ0n) is 34.0. The maximum absolute atomic E-state index is 12.4. The number of carbonyl (C=O) groups excluding carboxylic acids is 2. The van der Waals surface area contributed by atoms with Crippen LogP contribution in [0.5, 0.6) is 0 Å². The number of hydrogen-bond acceptors (Lipinski definition) is 6. The van der Waals surface area contributed by atoms with Crippen LogP contribution in [0.15, 0.2) is 12.2 Å². The molecule has 0 aliphatic carbocycles. The van der Waals surface area contributed by atoms with Crippen LogP contribution in [-0.2, 0) is 28.2 Å². The Hall–Kier alpha value is -1.21. The molecule has 0 aliphatic rings. The zero-order valence-corrected chi connectivity index (χ0v) is 34.9. The number of esters is 2. The first kappa shape index (κ1) is 50.8. The summed E-state index contributed by atoms with van der Waals surface area (Å²) in [6.45, 7) is 3.69. The van der Waals surface area contributed by atoms with Crippen molar-refractivity contribution in [1.82, 2.24) is 0 Å². The molecule has 0 saturated carbocycles. The minimum Gasteiger partial charge on any atom is -0.462 e. The van der Waals surface area contributed by atoms with E-state index in [2.05, 4.69) is 30.5 Å². The molecule has 2 N–H and O–H groups in total. The molecule has 0 unspecified atom stereocenters. The van der Waals surface area contributed by atoms with Gasteiger partial charge in [0, 0.05) is 12.8 Å². The summed E-state index contributed by atoms with van der Waals surface area (Å²) in [6.07, 6.45) is 43.7. The number of unbranched alkanes of at least 4 members (excludes halogenated alkanes) is 29. The van der Waals surface area contributed by atoms with E-state index in [0.29, 0.717) is 6.42 Å². The predicted molar refractivity (Wildman–Crippen MR) is 216 cm³/mol. The highest BCUT2D eigenvalue weighted by molar-refractivity contribution is 7.46. The van der Waals surface area contributed by atoms with Crippen molar-refractivity contribution in [3.05, 3.63) is 12.2 Å². The fourth-order valence-corrected chi connectivity index (χ4v) is 6.85. The van der Waals surface area contributed by atoms with Crippen molar-refractivity contribution < 1.29 is 37.9 Å². The molecule has 0 aromatic carbocycles. The van der Waals surface area contributed by atoms with Crippen molar-refractivity contribution in [2.24, 2.45) is 0 Å². The first-order valence-electron chi connectivity index (χ1n) is 22.0. The van der Waals surface area contributed by atoms with Gasteiger partial charge in [0.1, 0.15) is 6.61 Å². The Morgan fingerprint density at radius 2 is 0.808 bits per heavy atom. The molecular weight excluding hydrogens is 675 g/mol. The van der Waals surface area contributed by atoms with Crippen molar-refractivity contribution >= 4 is 19.8 Å². The summed E-state index contributed by atoms with van der Waals surface area (Å²) in [5, 5.41) is 0. The van der Waals surface area contributed by atoms with Crippen LogP contribution < -0.4 is 0 Å². The molecular formula is C43H83O8P. The van der Waals surface area contributed by atoms with E-state index >= 15 is 0 Å². The molecule has 0 saturated heterocycles. The Kier molecular flexibility index (Phi) is 38.6. The van der Waals surface area contributed by atoms with Crippen LogP contribution in [0.2, 0.25) is 0 Å². The Morgan fingerprint density at radius 1 is 0.481 bits per heavy atom. The molecule has 0 heterocycles. The first-order chi connectivity index (χ1) is 25.3. The predicted octanol–water partition coefficient (Wildman–Crippen LogP) is 13.4. The average Bonchev–Trinajstić information content (AvgIpc) is 3.11. The fraction of sp³-hybridized carbons (Fsp3) is 0.907. The monoisotopic (exact) mass is 759 g/mol. The van der Waals surface area contributed by atoms with Gasteiger partial charge in [0.25, 0.3) is 0 Å². The lowest BCUT2D eigenvalue weighted by molar-refractivity contribution is -0.161. The molecule has 0 fully saturated rings. The van der Waals surface area contributed by atoms with Gasteiger partial charge in [0.05, 0.1) is 6.61 Å². The minimum absolute atomic E-state index is 0.206. The molecule has 1 atom stereocenters. The minimum atomic E-state index is -4.75. The normalized spacial score (nSPS) is 12.5. The molecule has 0 aliphatic heterocycles. The second-order valence-electron chi connectivity index (χ2n) is 15.0. The van der Waals surface area contributed by atoms with Gasteiger partial charge in [-0.25, -0.2) is 4.57 Å². The van der Waals surface area contributed by atoms with Gasteiger partial charge >= 0.3 is 19.8 Å². The number of phosphoric ester groups is 1. The second kappa shape index (κ2) is 39.5. The van der Waals surface area contributed by atoms with Gasteiger partial charge < -0.3 is 19.3 Å². The first-order valence-corrected chi connectivity index (χ1v) is 23.5. The summed E-state index contributed by atoms with van der Waals surface area (Å²) in [7, 11) is -4.75. The third kappa shape index (κ3) is 41.5. The number of rotatable bonds is 41. The van der Waals surface area contributed by atoms with E-state index in [1.165, 1.54) is 148 Å². The molecule has 0 spiro atoms. The molecule has 0 bridgehead atoms. The summed E-state index contributed by atoms with van der Waals surface area (Å²) in [6, 6.07) is 0. The third-order valence-corrected chi connectivity index (χ3v) is 10.3. The molecule has 9 heteroatoms. The lowest BCUT2D eigenvalue weighted by Crippen LogP contribution is -2.29. The van der Waals surface area contributed by atoms with Crippen molar-refractivity contribution in [3.8, 4) is 0 Å². The van der Waals surface area contributed by atoms with E-state index in [1.54, 1.807) is 0 Å². The second-order valence-corrected chi connectivity index (χ2v) is 16.3. The van der Waals surface area contributed by atoms with Gasteiger partial charge in [0.15, 0.2) is 6.10 Å². The Morgan fingerprint density at radius 3 is 1.19 bits per heavy atom. The van der Waals surface area contributed by atoms with Crippen LogP contribution in [0.4, 0.5) is 0 Å². The zero-order chi connectivity index (χ0) is 38.2. The Balaban J connectivity index is 3.81. The van der Waals surface area contributed by atoms with Gasteiger partial charge in [-0.3, -0.25) is 14.1 Å². The maximum atomic E-state index is 12.4. The maximum Gasteiger partial charge on any atom is 0.469 e. The third-order valence-electron chi connectivity index (χ3n) is 9.78. The van der Waals surface area contributed by atoms with Crippen molar-refractivity contribution in [2.75, 3.05) is 13.2 Å². The number of carbonyl (C=O) groups is 2. The van der Waals surface area contributed by atoms with E-state index in [0.717, 1.165) is 51.4 Å². The summed E-state index contributed by atoms with van der Waals surface area (Å²) in [5.74, 6) is -0.882. The van der Waals surface area contributed by atoms with Gasteiger partial charge in [-0.2, -0.15) is 0 Å². The van der Waals surface area contributed by atoms with Crippen LogP contribution >= 0.6 is 7.82 Å². The van der Waals surface area contributed by atoms with Crippen LogP contribution in [-0.4, -0.2) is 41.0 Å². The van der Waals surface area contributed by atoms with Gasteiger partial charge in [-0.1, -0.05) is 193 Å². The van der Waals surface area contributed by atoms with Crippen molar-refractivity contribution in [3.63, 3.8) is 0 Å². The molecule has 52 heavy (non-hydrogen) atoms. The van der Waals surface area contributed by atoms with Gasteiger partial charge in [-0.05, 0) is 38.5 Å². The largest absolute Gasteiger partial charge is 0.469 e. The van der Waals surface area contributed by atoms with E-state index < -0.39 is 32.5 Å². The van der Waals surface area contributed by atoms with E-state index in [-0.39, 0.29) is 19.4 Å². The van der Waals surface area contributed by atoms with Crippen molar-refractivity contribution in [2.45, 2.75) is 238 Å². The van der Waals surface area contributed by atoms with Crippen LogP contribution in [0.25, 0.3) is 0 Å². The summed E-state index contributed by atoms with van der Waals surface area (Å²) >= 11 is 0. The summed E-state index contributed by atoms with van der Waals surface area (Å²) in [4.78, 5) is 42.8. The molecule has 0 aromatic rings. The smallest absolute Gasteiger partial charge is 0.462 e. The van der Waals surface area contributed by atoms with Gasteiger partial charge in [0.2, 0.25) is 0 Å². The molecule has 0 aromatic heterocycles. The number of allylic oxidation sites excluding steroid dienone is 2. The van der Waals surface area contributed by atoms with Gasteiger partial charge in [-0.15, -0.1) is 0 Å². The topological polar surface area (TPSA) is 119 Å². The average molecular weight is 759 g/mol. The lowest BCUT2D eigenvalue weighted by atomic mass is 10.0. The number of ether oxygens (including phenoxy) is 2. The number of hydrogen-bond donors (Lipinski definition) is 2. The standard InChI is InChI=1S/C43H83O8P/c1-3-5-7-9-11-13-15-17-18-19-20-21-22-23-24-26-27-29-31-33-35-37-42(44)49-39-41(40-50-52(46,47)48)51-43(45)38-36-34-32-30-28-25-16-14-12-10-8-6-4-2/h14,16,41H,3-13,15,17-40H2,1-2H3,(H2,46,47,48)/b16-14+/t41-/m1/s1. The Bertz CT molecular complexity index is 858. The van der Waals surface area contributed by atoms with E-state index in [9.17, 15) is 14.2 Å². The van der Waals surface area contributed by atoms with E-state index in [4.69, 9.17) is 19.3 Å². The molecule has 0 rings (SSSR count). The van der Waals surface area contributed by atoms with Crippen LogP contribution in [0.3, 0.4) is 0 Å².